The quantitative estimate of drug-likeness (QED) is 0.531. The molecule has 0 radical (unpaired) electrons. The zero-order chi connectivity index (χ0) is 12.9. The molecule has 0 fully saturated rings. The summed E-state index contributed by atoms with van der Waals surface area (Å²) in [6, 6.07) is 0. The fourth-order valence-corrected chi connectivity index (χ4v) is 1.75. The maximum absolute atomic E-state index is 11.3. The summed E-state index contributed by atoms with van der Waals surface area (Å²) in [6.07, 6.45) is 1.66. The van der Waals surface area contributed by atoms with Crippen molar-refractivity contribution in [1.29, 1.82) is 0 Å². The third kappa shape index (κ3) is 3.34. The lowest BCUT2D eigenvalue weighted by atomic mass is 9.78. The van der Waals surface area contributed by atoms with Gasteiger partial charge in [-0.3, -0.25) is 9.59 Å². The van der Waals surface area contributed by atoms with Gasteiger partial charge < -0.3 is 16.6 Å². The number of primary amides is 2. The first-order valence-electron chi connectivity index (χ1n) is 5.18. The van der Waals surface area contributed by atoms with Crippen LogP contribution in [0.25, 0.3) is 0 Å². The first kappa shape index (κ1) is 14.6. The predicted molar refractivity (Wildman–Crippen MR) is 61.1 cm³/mol. The normalized spacial score (nSPS) is 16.5. The molecule has 0 aliphatic carbocycles. The molecule has 0 heterocycles. The highest BCUT2D eigenvalue weighted by atomic mass is 16.3. The molecule has 0 rings (SSSR count). The van der Waals surface area contributed by atoms with E-state index in [1.54, 1.807) is 0 Å². The first-order chi connectivity index (χ1) is 7.25. The van der Waals surface area contributed by atoms with Gasteiger partial charge in [-0.25, -0.2) is 0 Å². The summed E-state index contributed by atoms with van der Waals surface area (Å²) in [6.45, 7) is 7.10. The lowest BCUT2D eigenvalue weighted by Gasteiger charge is -2.32. The van der Waals surface area contributed by atoms with Gasteiger partial charge in [0, 0.05) is 0 Å². The molecule has 0 aromatic heterocycles. The van der Waals surface area contributed by atoms with Crippen LogP contribution in [0, 0.1) is 11.8 Å². The highest BCUT2D eigenvalue weighted by Gasteiger charge is 2.45. The third-order valence-electron chi connectivity index (χ3n) is 2.47. The maximum Gasteiger partial charge on any atom is 0.250 e. The number of aliphatic hydroxyl groups is 1. The molecule has 5 N–H and O–H groups in total. The van der Waals surface area contributed by atoms with Gasteiger partial charge in [-0.15, -0.1) is 6.58 Å². The number of rotatable bonds is 7. The number of hydrogen-bond donors (Lipinski definition) is 3. The van der Waals surface area contributed by atoms with E-state index in [0.29, 0.717) is 0 Å². The highest BCUT2D eigenvalue weighted by Crippen LogP contribution is 2.28. The van der Waals surface area contributed by atoms with Crippen LogP contribution >= 0.6 is 0 Å². The largest absolute Gasteiger partial charge is 0.379 e. The number of amides is 2. The van der Waals surface area contributed by atoms with E-state index >= 15 is 0 Å². The number of carbonyl (C=O) groups is 2. The smallest absolute Gasteiger partial charge is 0.250 e. The lowest BCUT2D eigenvalue weighted by molar-refractivity contribution is -0.151. The maximum atomic E-state index is 11.3. The van der Waals surface area contributed by atoms with Crippen LogP contribution in [0.2, 0.25) is 0 Å². The summed E-state index contributed by atoms with van der Waals surface area (Å²) >= 11 is 0. The minimum atomic E-state index is -1.89. The van der Waals surface area contributed by atoms with E-state index in [2.05, 4.69) is 6.58 Å². The van der Waals surface area contributed by atoms with Crippen molar-refractivity contribution < 1.29 is 14.7 Å². The SMILES string of the molecule is C=CCC(C(N)=O)C(O)(CC(C)C)C(N)=O. The van der Waals surface area contributed by atoms with Crippen molar-refractivity contribution in [2.75, 3.05) is 0 Å². The van der Waals surface area contributed by atoms with Gasteiger partial charge in [0.2, 0.25) is 11.8 Å². The molecule has 2 atom stereocenters. The number of hydrogen-bond acceptors (Lipinski definition) is 3. The Morgan fingerprint density at radius 1 is 1.44 bits per heavy atom. The van der Waals surface area contributed by atoms with Crippen LogP contribution in [-0.2, 0) is 9.59 Å². The van der Waals surface area contributed by atoms with E-state index < -0.39 is 23.3 Å². The molecule has 0 spiro atoms. The zero-order valence-electron chi connectivity index (χ0n) is 9.77. The summed E-state index contributed by atoms with van der Waals surface area (Å²) in [7, 11) is 0. The predicted octanol–water partition coefficient (Wildman–Crippen LogP) is -0.0735. The van der Waals surface area contributed by atoms with Gasteiger partial charge in [-0.1, -0.05) is 19.9 Å². The number of nitrogens with two attached hydrogens (primary N) is 2. The molecule has 0 bridgehead atoms. The average Bonchev–Trinajstić information content (AvgIpc) is 2.11. The minimum absolute atomic E-state index is 0.0177. The molecule has 92 valence electrons. The summed E-state index contributed by atoms with van der Waals surface area (Å²) in [4.78, 5) is 22.5. The molecule has 2 unspecified atom stereocenters. The molecule has 5 nitrogen and oxygen atoms in total. The van der Waals surface area contributed by atoms with Crippen molar-refractivity contribution in [3.63, 3.8) is 0 Å². The van der Waals surface area contributed by atoms with Crippen molar-refractivity contribution >= 4 is 11.8 Å². The molecule has 16 heavy (non-hydrogen) atoms. The van der Waals surface area contributed by atoms with Crippen molar-refractivity contribution in [3.05, 3.63) is 12.7 Å². The third-order valence-corrected chi connectivity index (χ3v) is 2.47. The van der Waals surface area contributed by atoms with Gasteiger partial charge in [0.1, 0.15) is 0 Å². The lowest BCUT2D eigenvalue weighted by Crippen LogP contribution is -2.54. The van der Waals surface area contributed by atoms with Gasteiger partial charge in [-0.2, -0.15) is 0 Å². The summed E-state index contributed by atoms with van der Waals surface area (Å²) in [5.41, 5.74) is 8.43. The molecular formula is C11H20N2O3. The Hall–Kier alpha value is -1.36. The molecule has 0 saturated heterocycles. The van der Waals surface area contributed by atoms with Crippen LogP contribution in [0.3, 0.4) is 0 Å². The number of allylic oxidation sites excluding steroid dienone is 1. The van der Waals surface area contributed by atoms with E-state index in [1.165, 1.54) is 6.08 Å². The van der Waals surface area contributed by atoms with Crippen LogP contribution in [0.5, 0.6) is 0 Å². The Balaban J connectivity index is 5.19. The molecule has 0 aromatic rings. The first-order valence-corrected chi connectivity index (χ1v) is 5.18. The van der Waals surface area contributed by atoms with Crippen LogP contribution < -0.4 is 11.5 Å². The van der Waals surface area contributed by atoms with Gasteiger partial charge in [0.05, 0.1) is 5.92 Å². The van der Waals surface area contributed by atoms with E-state index in [9.17, 15) is 14.7 Å². The highest BCUT2D eigenvalue weighted by molar-refractivity contribution is 5.91. The van der Waals surface area contributed by atoms with Crippen molar-refractivity contribution in [2.45, 2.75) is 32.3 Å². The molecule has 0 saturated carbocycles. The molecular weight excluding hydrogens is 208 g/mol. The molecule has 0 aliphatic heterocycles. The fourth-order valence-electron chi connectivity index (χ4n) is 1.75. The monoisotopic (exact) mass is 228 g/mol. The average molecular weight is 228 g/mol. The second-order valence-electron chi connectivity index (χ2n) is 4.37. The second-order valence-corrected chi connectivity index (χ2v) is 4.37. The van der Waals surface area contributed by atoms with E-state index in [4.69, 9.17) is 11.5 Å². The summed E-state index contributed by atoms with van der Waals surface area (Å²) in [5.74, 6) is -2.68. The van der Waals surface area contributed by atoms with Gasteiger partial charge in [-0.05, 0) is 18.8 Å². The Bertz CT molecular complexity index is 289. The van der Waals surface area contributed by atoms with Crippen LogP contribution in [0.15, 0.2) is 12.7 Å². The Morgan fingerprint density at radius 2 is 1.94 bits per heavy atom. The van der Waals surface area contributed by atoms with Crippen molar-refractivity contribution in [3.8, 4) is 0 Å². The molecule has 0 aliphatic rings. The topological polar surface area (TPSA) is 106 Å². The van der Waals surface area contributed by atoms with Crippen molar-refractivity contribution in [1.82, 2.24) is 0 Å². The van der Waals surface area contributed by atoms with Gasteiger partial charge in [0.25, 0.3) is 0 Å². The standard InChI is InChI=1S/C11H20N2O3/c1-4-5-8(9(12)14)11(16,10(13)15)6-7(2)3/h4,7-8,16H,1,5-6H2,2-3H3,(H2,12,14)(H2,13,15). The Labute approximate surface area is 95.5 Å². The van der Waals surface area contributed by atoms with E-state index in [-0.39, 0.29) is 18.8 Å². The van der Waals surface area contributed by atoms with E-state index in [1.807, 2.05) is 13.8 Å². The fraction of sp³-hybridized carbons (Fsp3) is 0.636. The summed E-state index contributed by atoms with van der Waals surface area (Å²) < 4.78 is 0. The molecule has 5 heteroatoms. The van der Waals surface area contributed by atoms with E-state index in [0.717, 1.165) is 0 Å². The Morgan fingerprint density at radius 3 is 2.19 bits per heavy atom. The zero-order valence-corrected chi connectivity index (χ0v) is 9.77. The minimum Gasteiger partial charge on any atom is -0.379 e. The summed E-state index contributed by atoms with van der Waals surface area (Å²) in [5, 5.41) is 10.2. The van der Waals surface area contributed by atoms with Crippen LogP contribution in [0.4, 0.5) is 0 Å². The second kappa shape index (κ2) is 5.65. The van der Waals surface area contributed by atoms with Crippen molar-refractivity contribution in [2.24, 2.45) is 23.3 Å². The molecule has 0 aromatic carbocycles. The van der Waals surface area contributed by atoms with Gasteiger partial charge in [0.15, 0.2) is 5.60 Å². The number of carbonyl (C=O) groups excluding carboxylic acids is 2. The van der Waals surface area contributed by atoms with Gasteiger partial charge >= 0.3 is 0 Å². The Kier molecular flexibility index (Phi) is 5.17. The molecule has 2 amide bonds. The van der Waals surface area contributed by atoms with Crippen LogP contribution in [0.1, 0.15) is 26.7 Å². The van der Waals surface area contributed by atoms with Crippen LogP contribution in [-0.4, -0.2) is 22.5 Å².